The third kappa shape index (κ3) is 3.79. The van der Waals surface area contributed by atoms with Crippen LogP contribution >= 0.6 is 0 Å². The number of hydrogen-bond acceptors (Lipinski definition) is 5. The van der Waals surface area contributed by atoms with E-state index in [0.29, 0.717) is 12.2 Å². The summed E-state index contributed by atoms with van der Waals surface area (Å²) in [6, 6.07) is 21.1. The van der Waals surface area contributed by atoms with Gasteiger partial charge in [0.05, 0.1) is 26.0 Å². The molecule has 1 amide bonds. The summed E-state index contributed by atoms with van der Waals surface area (Å²) < 4.78 is 12.5. The summed E-state index contributed by atoms with van der Waals surface area (Å²) in [5.74, 6) is 0.373. The van der Waals surface area contributed by atoms with Crippen LogP contribution in [-0.2, 0) is 13.6 Å². The van der Waals surface area contributed by atoms with Crippen LogP contribution in [-0.4, -0.2) is 39.9 Å². The standard InChI is InChI=1S/C28H27N3O4/c1-17-10-12-19(13-11-17)24-23-25(20-14-21(34-3)27(32)22(15-20)35-4)31(16-18-8-6-5-7-9-18)28(33)26(23)30(2)29-24/h5-15,25,32H,16H2,1-4H3/t25-/m1/s1. The maximum atomic E-state index is 13.8. The topological polar surface area (TPSA) is 76.8 Å². The molecule has 3 aromatic carbocycles. The number of aryl methyl sites for hydroxylation is 2. The number of carbonyl (C=O) groups is 1. The predicted octanol–water partition coefficient (Wildman–Crippen LogP) is 4.86. The molecule has 1 N–H and O–H groups in total. The molecular formula is C28H27N3O4. The maximum Gasteiger partial charge on any atom is 0.273 e. The number of amides is 1. The van der Waals surface area contributed by atoms with Gasteiger partial charge in [0.15, 0.2) is 11.5 Å². The molecule has 1 atom stereocenters. The predicted molar refractivity (Wildman–Crippen MR) is 133 cm³/mol. The zero-order chi connectivity index (χ0) is 24.7. The number of hydrogen-bond donors (Lipinski definition) is 1. The second kappa shape index (κ2) is 8.83. The van der Waals surface area contributed by atoms with Crippen molar-refractivity contribution in [2.75, 3.05) is 14.2 Å². The van der Waals surface area contributed by atoms with Crippen LogP contribution in [0.15, 0.2) is 66.7 Å². The number of nitrogens with zero attached hydrogens (tertiary/aromatic N) is 3. The third-order valence-electron chi connectivity index (χ3n) is 6.47. The van der Waals surface area contributed by atoms with Crippen LogP contribution in [0.2, 0.25) is 0 Å². The van der Waals surface area contributed by atoms with E-state index < -0.39 is 6.04 Å². The van der Waals surface area contributed by atoms with Gasteiger partial charge in [0.2, 0.25) is 5.75 Å². The summed E-state index contributed by atoms with van der Waals surface area (Å²) in [7, 11) is 4.79. The average Bonchev–Trinajstić information content (AvgIpc) is 3.35. The number of aromatic hydroxyl groups is 1. The van der Waals surface area contributed by atoms with Crippen LogP contribution in [0.5, 0.6) is 17.2 Å². The number of phenols is 1. The lowest BCUT2D eigenvalue weighted by Gasteiger charge is -2.27. The Hall–Kier alpha value is -4.26. The zero-order valence-electron chi connectivity index (χ0n) is 20.1. The molecule has 35 heavy (non-hydrogen) atoms. The van der Waals surface area contributed by atoms with Gasteiger partial charge in [-0.25, -0.2) is 0 Å². The lowest BCUT2D eigenvalue weighted by molar-refractivity contribution is 0.0725. The molecule has 0 saturated carbocycles. The number of carbonyl (C=O) groups excluding carboxylic acids is 1. The van der Waals surface area contributed by atoms with E-state index >= 15 is 0 Å². The average molecular weight is 470 g/mol. The molecule has 178 valence electrons. The Balaban J connectivity index is 1.74. The largest absolute Gasteiger partial charge is 0.502 e. The van der Waals surface area contributed by atoms with Crippen molar-refractivity contribution in [2.45, 2.75) is 19.5 Å². The van der Waals surface area contributed by atoms with E-state index in [2.05, 4.69) is 0 Å². The number of methoxy groups -OCH3 is 2. The van der Waals surface area contributed by atoms with E-state index in [0.717, 1.165) is 33.5 Å². The summed E-state index contributed by atoms with van der Waals surface area (Å²) in [6.45, 7) is 2.45. The van der Waals surface area contributed by atoms with Crippen LogP contribution in [0, 0.1) is 6.92 Å². The minimum atomic E-state index is -0.453. The smallest absolute Gasteiger partial charge is 0.273 e. The van der Waals surface area contributed by atoms with Crippen molar-refractivity contribution < 1.29 is 19.4 Å². The van der Waals surface area contributed by atoms with Crippen molar-refractivity contribution in [2.24, 2.45) is 7.05 Å². The Morgan fingerprint density at radius 3 is 2.20 bits per heavy atom. The molecule has 5 rings (SSSR count). The molecule has 0 saturated heterocycles. The quantitative estimate of drug-likeness (QED) is 0.436. The van der Waals surface area contributed by atoms with Gasteiger partial charge in [0.1, 0.15) is 5.69 Å². The molecule has 0 fully saturated rings. The number of aromatic nitrogens is 2. The van der Waals surface area contributed by atoms with Gasteiger partial charge in [-0.2, -0.15) is 5.10 Å². The van der Waals surface area contributed by atoms with Crippen LogP contribution < -0.4 is 9.47 Å². The van der Waals surface area contributed by atoms with Gasteiger partial charge in [-0.05, 0) is 30.2 Å². The van der Waals surface area contributed by atoms with Crippen molar-refractivity contribution in [3.63, 3.8) is 0 Å². The van der Waals surface area contributed by atoms with E-state index in [1.54, 1.807) is 23.9 Å². The summed E-state index contributed by atoms with van der Waals surface area (Å²) in [6.07, 6.45) is 0. The fourth-order valence-electron chi connectivity index (χ4n) is 4.75. The summed E-state index contributed by atoms with van der Waals surface area (Å²) >= 11 is 0. The molecule has 0 unspecified atom stereocenters. The van der Waals surface area contributed by atoms with Gasteiger partial charge in [-0.1, -0.05) is 60.2 Å². The molecule has 0 aliphatic carbocycles. The Labute approximate surface area is 204 Å². The third-order valence-corrected chi connectivity index (χ3v) is 6.47. The molecule has 7 nitrogen and oxygen atoms in total. The summed E-state index contributed by atoms with van der Waals surface area (Å²) in [5.41, 5.74) is 5.99. The Morgan fingerprint density at radius 2 is 1.60 bits per heavy atom. The maximum absolute atomic E-state index is 13.8. The summed E-state index contributed by atoms with van der Waals surface area (Å²) in [5, 5.41) is 15.3. The van der Waals surface area contributed by atoms with E-state index in [9.17, 15) is 9.90 Å². The minimum absolute atomic E-state index is 0.0807. The zero-order valence-corrected chi connectivity index (χ0v) is 20.1. The van der Waals surface area contributed by atoms with Crippen molar-refractivity contribution in [3.8, 4) is 28.5 Å². The molecular weight excluding hydrogens is 442 g/mol. The molecule has 4 aromatic rings. The Bertz CT molecular complexity index is 1370. The van der Waals surface area contributed by atoms with E-state index in [4.69, 9.17) is 14.6 Å². The van der Waals surface area contributed by atoms with Gasteiger partial charge in [-0.3, -0.25) is 9.48 Å². The molecule has 2 heterocycles. The van der Waals surface area contributed by atoms with Crippen LogP contribution in [0.4, 0.5) is 0 Å². The van der Waals surface area contributed by atoms with E-state index in [-0.39, 0.29) is 23.2 Å². The fraction of sp³-hybridized carbons (Fsp3) is 0.214. The van der Waals surface area contributed by atoms with Crippen molar-refractivity contribution >= 4 is 5.91 Å². The molecule has 7 heteroatoms. The van der Waals surface area contributed by atoms with Crippen LogP contribution in [0.1, 0.15) is 38.8 Å². The highest BCUT2D eigenvalue weighted by molar-refractivity contribution is 6.00. The van der Waals surface area contributed by atoms with E-state index in [1.165, 1.54) is 14.2 Å². The molecule has 0 bridgehead atoms. The minimum Gasteiger partial charge on any atom is -0.502 e. The number of fused-ring (bicyclic) bond motifs is 1. The van der Waals surface area contributed by atoms with Crippen molar-refractivity contribution in [3.05, 3.63) is 94.7 Å². The second-order valence-corrected chi connectivity index (χ2v) is 8.70. The number of rotatable bonds is 6. The van der Waals surface area contributed by atoms with E-state index in [1.807, 2.05) is 66.4 Å². The number of phenolic OH excluding ortho intramolecular Hbond substituents is 1. The Kier molecular flexibility index (Phi) is 5.68. The molecule has 0 spiro atoms. The van der Waals surface area contributed by atoms with Crippen LogP contribution in [0.3, 0.4) is 0 Å². The first kappa shape index (κ1) is 22.5. The number of ether oxygens (including phenoxy) is 2. The summed E-state index contributed by atoms with van der Waals surface area (Å²) in [4.78, 5) is 15.7. The first-order chi connectivity index (χ1) is 16.9. The SMILES string of the molecule is COc1cc([C@@H]2c3c(-c4ccc(C)cc4)nn(C)c3C(=O)N2Cc2ccccc2)cc(OC)c1O. The molecule has 1 aliphatic heterocycles. The van der Waals surface area contributed by atoms with Crippen molar-refractivity contribution in [1.82, 2.24) is 14.7 Å². The lowest BCUT2D eigenvalue weighted by Crippen LogP contribution is -2.29. The molecule has 1 aromatic heterocycles. The van der Waals surface area contributed by atoms with Gasteiger partial charge < -0.3 is 19.5 Å². The normalized spacial score (nSPS) is 14.8. The molecule has 0 radical (unpaired) electrons. The second-order valence-electron chi connectivity index (χ2n) is 8.70. The molecule has 1 aliphatic rings. The van der Waals surface area contributed by atoms with Gasteiger partial charge >= 0.3 is 0 Å². The van der Waals surface area contributed by atoms with Gasteiger partial charge in [0.25, 0.3) is 5.91 Å². The highest BCUT2D eigenvalue weighted by Gasteiger charge is 2.44. The fourth-order valence-corrected chi connectivity index (χ4v) is 4.75. The number of benzene rings is 3. The highest BCUT2D eigenvalue weighted by Crippen LogP contribution is 2.48. The lowest BCUT2D eigenvalue weighted by atomic mass is 9.95. The Morgan fingerprint density at radius 1 is 0.971 bits per heavy atom. The first-order valence-electron chi connectivity index (χ1n) is 11.4. The van der Waals surface area contributed by atoms with Gasteiger partial charge in [-0.15, -0.1) is 0 Å². The highest BCUT2D eigenvalue weighted by atomic mass is 16.5. The van der Waals surface area contributed by atoms with Crippen LogP contribution in [0.25, 0.3) is 11.3 Å². The van der Waals surface area contributed by atoms with Crippen molar-refractivity contribution in [1.29, 1.82) is 0 Å². The van der Waals surface area contributed by atoms with Gasteiger partial charge in [0, 0.05) is 24.7 Å². The monoisotopic (exact) mass is 469 g/mol. The first-order valence-corrected chi connectivity index (χ1v) is 11.4.